The summed E-state index contributed by atoms with van der Waals surface area (Å²) in [6.45, 7) is 6.50. The molecule has 1 aromatic carbocycles. The molecule has 2 aliphatic rings. The molecule has 0 atom stereocenters. The highest BCUT2D eigenvalue weighted by atomic mass is 16.2. The Balaban J connectivity index is 1.96. The van der Waals surface area contributed by atoms with Gasteiger partial charge in [0.05, 0.1) is 5.41 Å². The van der Waals surface area contributed by atoms with Gasteiger partial charge < -0.3 is 9.80 Å². The first-order valence-electron chi connectivity index (χ1n) is 7.18. The lowest BCUT2D eigenvalue weighted by Gasteiger charge is -2.40. The molecule has 1 fully saturated rings. The summed E-state index contributed by atoms with van der Waals surface area (Å²) in [5.41, 5.74) is 2.09. The number of carbonyl (C=O) groups excluding carboxylic acids is 1. The van der Waals surface area contributed by atoms with Crippen LogP contribution in [0, 0.1) is 0 Å². The third-order valence-electron chi connectivity index (χ3n) is 4.88. The van der Waals surface area contributed by atoms with Gasteiger partial charge >= 0.3 is 0 Å². The van der Waals surface area contributed by atoms with E-state index >= 15 is 0 Å². The number of benzene rings is 1. The number of likely N-dealkylation sites (tertiary alicyclic amines) is 1. The molecule has 3 rings (SSSR count). The highest BCUT2D eigenvalue weighted by molar-refractivity contribution is 6.07. The zero-order chi connectivity index (χ0) is 13.6. The summed E-state index contributed by atoms with van der Waals surface area (Å²) in [5.74, 6) is 0.289. The van der Waals surface area contributed by atoms with E-state index in [2.05, 4.69) is 36.9 Å². The van der Waals surface area contributed by atoms with Crippen LogP contribution in [0.25, 0.3) is 0 Å². The second-order valence-corrected chi connectivity index (χ2v) is 6.09. The Morgan fingerprint density at radius 1 is 1.16 bits per heavy atom. The molecule has 0 unspecified atom stereocenters. The van der Waals surface area contributed by atoms with Crippen molar-refractivity contribution in [1.29, 1.82) is 0 Å². The van der Waals surface area contributed by atoms with Crippen LogP contribution < -0.4 is 4.90 Å². The number of hydrogen-bond donors (Lipinski definition) is 0. The minimum absolute atomic E-state index is 0.253. The maximum Gasteiger partial charge on any atom is 0.237 e. The molecule has 19 heavy (non-hydrogen) atoms. The third-order valence-corrected chi connectivity index (χ3v) is 4.88. The van der Waals surface area contributed by atoms with Crippen LogP contribution in [-0.2, 0) is 10.2 Å². The number of rotatable bonds is 1. The Bertz CT molecular complexity index is 501. The van der Waals surface area contributed by atoms with E-state index in [-0.39, 0.29) is 11.3 Å². The summed E-state index contributed by atoms with van der Waals surface area (Å²) in [6, 6.07) is 8.85. The topological polar surface area (TPSA) is 23.6 Å². The van der Waals surface area contributed by atoms with Gasteiger partial charge in [-0.05, 0) is 51.4 Å². The molecule has 1 amide bonds. The van der Waals surface area contributed by atoms with Crippen molar-refractivity contribution in [3.63, 3.8) is 0 Å². The fourth-order valence-corrected chi connectivity index (χ4v) is 3.62. The molecule has 0 saturated carbocycles. The van der Waals surface area contributed by atoms with E-state index in [1.165, 1.54) is 5.56 Å². The first-order valence-corrected chi connectivity index (χ1v) is 7.18. The number of likely N-dealkylation sites (N-methyl/N-ethyl adjacent to an activating group) is 1. The van der Waals surface area contributed by atoms with Gasteiger partial charge in [-0.25, -0.2) is 0 Å². The highest BCUT2D eigenvalue weighted by Crippen LogP contribution is 2.47. The standard InChI is InChI=1S/C16H22N2O/c1-12(2)18-10-8-16(9-11-18)13-6-4-5-7-14(13)17(3)15(16)19/h4-7,12H,8-11H2,1-3H3. The maximum absolute atomic E-state index is 12.7. The highest BCUT2D eigenvalue weighted by Gasteiger charge is 2.50. The summed E-state index contributed by atoms with van der Waals surface area (Å²) in [6.07, 6.45) is 1.90. The Morgan fingerprint density at radius 3 is 2.42 bits per heavy atom. The normalized spacial score (nSPS) is 22.3. The number of amides is 1. The van der Waals surface area contributed by atoms with E-state index in [0.717, 1.165) is 31.6 Å². The first-order chi connectivity index (χ1) is 9.06. The quantitative estimate of drug-likeness (QED) is 0.772. The number of para-hydroxylation sites is 1. The average Bonchev–Trinajstić information content (AvgIpc) is 2.63. The summed E-state index contributed by atoms with van der Waals surface area (Å²) in [5, 5.41) is 0. The van der Waals surface area contributed by atoms with Gasteiger partial charge in [0.1, 0.15) is 0 Å². The first kappa shape index (κ1) is 12.7. The van der Waals surface area contributed by atoms with Gasteiger partial charge in [0.2, 0.25) is 5.91 Å². The molecule has 1 aromatic rings. The van der Waals surface area contributed by atoms with Crippen LogP contribution in [0.1, 0.15) is 32.3 Å². The molecule has 2 aliphatic heterocycles. The summed E-state index contributed by atoms with van der Waals surface area (Å²) < 4.78 is 0. The van der Waals surface area contributed by atoms with Crippen molar-refractivity contribution in [2.75, 3.05) is 25.0 Å². The van der Waals surface area contributed by atoms with Crippen LogP contribution in [0.3, 0.4) is 0 Å². The van der Waals surface area contributed by atoms with E-state index in [1.54, 1.807) is 0 Å². The zero-order valence-electron chi connectivity index (χ0n) is 12.0. The monoisotopic (exact) mass is 258 g/mol. The Morgan fingerprint density at radius 2 is 1.79 bits per heavy atom. The van der Waals surface area contributed by atoms with Crippen LogP contribution in [0.5, 0.6) is 0 Å². The fourth-order valence-electron chi connectivity index (χ4n) is 3.62. The van der Waals surface area contributed by atoms with Crippen LogP contribution in [-0.4, -0.2) is 37.0 Å². The lowest BCUT2D eigenvalue weighted by atomic mass is 9.73. The van der Waals surface area contributed by atoms with Gasteiger partial charge in [-0.1, -0.05) is 18.2 Å². The molecule has 0 aromatic heterocycles. The molecule has 0 aliphatic carbocycles. The molecule has 1 spiro atoms. The second kappa shape index (κ2) is 4.34. The van der Waals surface area contributed by atoms with E-state index in [9.17, 15) is 4.79 Å². The van der Waals surface area contributed by atoms with Crippen molar-refractivity contribution < 1.29 is 4.79 Å². The molecular weight excluding hydrogens is 236 g/mol. The predicted octanol–water partition coefficient (Wildman–Crippen LogP) is 2.41. The maximum atomic E-state index is 12.7. The summed E-state index contributed by atoms with van der Waals surface area (Å²) >= 11 is 0. The number of carbonyl (C=O) groups is 1. The van der Waals surface area contributed by atoms with Crippen molar-refractivity contribution in [3.8, 4) is 0 Å². The molecule has 1 saturated heterocycles. The Labute approximate surface area is 115 Å². The van der Waals surface area contributed by atoms with Crippen LogP contribution in [0.15, 0.2) is 24.3 Å². The summed E-state index contributed by atoms with van der Waals surface area (Å²) in [7, 11) is 1.91. The van der Waals surface area contributed by atoms with Gasteiger partial charge in [0, 0.05) is 18.8 Å². The molecular formula is C16H22N2O. The average molecular weight is 258 g/mol. The van der Waals surface area contributed by atoms with E-state index in [4.69, 9.17) is 0 Å². The molecule has 3 heteroatoms. The number of anilines is 1. The van der Waals surface area contributed by atoms with Gasteiger partial charge in [0.15, 0.2) is 0 Å². The lowest BCUT2D eigenvalue weighted by molar-refractivity contribution is -0.124. The number of fused-ring (bicyclic) bond motifs is 2. The predicted molar refractivity (Wildman–Crippen MR) is 77.5 cm³/mol. The van der Waals surface area contributed by atoms with Gasteiger partial charge in [-0.2, -0.15) is 0 Å². The van der Waals surface area contributed by atoms with Gasteiger partial charge in [-0.15, -0.1) is 0 Å². The minimum Gasteiger partial charge on any atom is -0.314 e. The largest absolute Gasteiger partial charge is 0.314 e. The van der Waals surface area contributed by atoms with Gasteiger partial charge in [-0.3, -0.25) is 4.79 Å². The van der Waals surface area contributed by atoms with Crippen molar-refractivity contribution in [1.82, 2.24) is 4.90 Å². The van der Waals surface area contributed by atoms with Crippen molar-refractivity contribution in [2.24, 2.45) is 0 Å². The fraction of sp³-hybridized carbons (Fsp3) is 0.562. The molecule has 0 radical (unpaired) electrons. The van der Waals surface area contributed by atoms with Gasteiger partial charge in [0.25, 0.3) is 0 Å². The van der Waals surface area contributed by atoms with Crippen LogP contribution in [0.4, 0.5) is 5.69 Å². The van der Waals surface area contributed by atoms with Crippen molar-refractivity contribution >= 4 is 11.6 Å². The number of nitrogens with zero attached hydrogens (tertiary/aromatic N) is 2. The number of hydrogen-bond acceptors (Lipinski definition) is 2. The Hall–Kier alpha value is -1.35. The van der Waals surface area contributed by atoms with Crippen molar-refractivity contribution in [2.45, 2.75) is 38.1 Å². The lowest BCUT2D eigenvalue weighted by Crippen LogP contribution is -2.49. The van der Waals surface area contributed by atoms with Crippen LogP contribution >= 0.6 is 0 Å². The molecule has 0 N–H and O–H groups in total. The summed E-state index contributed by atoms with van der Waals surface area (Å²) in [4.78, 5) is 17.0. The zero-order valence-corrected chi connectivity index (χ0v) is 12.0. The molecule has 102 valence electrons. The third kappa shape index (κ3) is 1.71. The Kier molecular flexibility index (Phi) is 2.90. The smallest absolute Gasteiger partial charge is 0.237 e. The number of piperidine rings is 1. The van der Waals surface area contributed by atoms with E-state index < -0.39 is 0 Å². The molecule has 0 bridgehead atoms. The van der Waals surface area contributed by atoms with Crippen molar-refractivity contribution in [3.05, 3.63) is 29.8 Å². The SMILES string of the molecule is CC(C)N1CCC2(CC1)C(=O)N(C)c1ccccc12. The van der Waals surface area contributed by atoms with Crippen LogP contribution in [0.2, 0.25) is 0 Å². The van der Waals surface area contributed by atoms with E-state index in [1.807, 2.05) is 18.0 Å². The van der Waals surface area contributed by atoms with E-state index in [0.29, 0.717) is 6.04 Å². The second-order valence-electron chi connectivity index (χ2n) is 6.09. The minimum atomic E-state index is -0.253. The molecule has 3 nitrogen and oxygen atoms in total. The molecule has 2 heterocycles.